The summed E-state index contributed by atoms with van der Waals surface area (Å²) in [5.74, 6) is -1.53. The summed E-state index contributed by atoms with van der Waals surface area (Å²) in [4.78, 5) is 33.3. The Balaban J connectivity index is 1.60. The number of carbonyl (C=O) groups is 2. The van der Waals surface area contributed by atoms with Crippen molar-refractivity contribution in [1.82, 2.24) is 0 Å². The zero-order chi connectivity index (χ0) is 26.8. The van der Waals surface area contributed by atoms with Crippen molar-refractivity contribution in [2.45, 2.75) is 0 Å². The zero-order valence-electron chi connectivity index (χ0n) is 19.3. The molecular formula is C26H18N4O8. The molecular weight excluding hydrogens is 496 g/mol. The van der Waals surface area contributed by atoms with E-state index < -0.39 is 33.8 Å². The predicted octanol–water partition coefficient (Wildman–Crippen LogP) is 1.18. The Morgan fingerprint density at radius 1 is 0.658 bits per heavy atom. The van der Waals surface area contributed by atoms with Crippen LogP contribution in [0.4, 0.5) is 11.4 Å². The van der Waals surface area contributed by atoms with E-state index in [1.54, 1.807) is 60.7 Å². The molecule has 0 aliphatic carbocycles. The predicted molar refractivity (Wildman–Crippen MR) is 132 cm³/mol. The lowest BCUT2D eigenvalue weighted by atomic mass is 10.0. The summed E-state index contributed by atoms with van der Waals surface area (Å²) in [5.41, 5.74) is -0.125. The number of carbonyl (C=O) groups excluding carboxylic acids is 2. The minimum absolute atomic E-state index is 0.0296. The van der Waals surface area contributed by atoms with Crippen LogP contribution in [0.1, 0.15) is 22.3 Å². The second kappa shape index (κ2) is 10.3. The van der Waals surface area contributed by atoms with E-state index in [2.05, 4.69) is 9.98 Å². The Morgan fingerprint density at radius 2 is 1.05 bits per heavy atom. The number of rotatable bonds is 6. The molecule has 2 atom stereocenters. The zero-order valence-corrected chi connectivity index (χ0v) is 19.3. The molecule has 0 fully saturated rings. The van der Waals surface area contributed by atoms with Crippen molar-refractivity contribution < 1.29 is 39.9 Å². The van der Waals surface area contributed by atoms with Crippen molar-refractivity contribution in [2.75, 3.05) is 0 Å². The van der Waals surface area contributed by atoms with E-state index in [0.717, 1.165) is 6.07 Å². The summed E-state index contributed by atoms with van der Waals surface area (Å²) in [7, 11) is 0. The maximum Gasteiger partial charge on any atom is 0.363 e. The Bertz CT molecular complexity index is 1430. The number of ether oxygens (including phenoxy) is 2. The van der Waals surface area contributed by atoms with Gasteiger partial charge in [-0.1, -0.05) is 36.4 Å². The number of cyclic esters (lactones) is 2. The summed E-state index contributed by atoms with van der Waals surface area (Å²) >= 11 is 0. The number of hydrogen-bond donors (Lipinski definition) is 4. The van der Waals surface area contributed by atoms with Crippen LogP contribution in [-0.4, -0.2) is 34.1 Å². The molecule has 2 aliphatic heterocycles. The number of benzene rings is 3. The highest BCUT2D eigenvalue weighted by atomic mass is 16.8. The molecule has 12 nitrogen and oxygen atoms in total. The lowest BCUT2D eigenvalue weighted by molar-refractivity contribution is -0.996. The van der Waals surface area contributed by atoms with Crippen LogP contribution in [-0.2, 0) is 19.1 Å². The van der Waals surface area contributed by atoms with Crippen LogP contribution in [0.5, 0.6) is 0 Å². The van der Waals surface area contributed by atoms with Gasteiger partial charge >= 0.3 is 11.9 Å². The summed E-state index contributed by atoms with van der Waals surface area (Å²) in [5, 5.41) is 40.5. The minimum Gasteiger partial charge on any atom is -0.595 e. The molecule has 12 heteroatoms. The van der Waals surface area contributed by atoms with Crippen molar-refractivity contribution >= 4 is 47.3 Å². The van der Waals surface area contributed by atoms with Crippen LogP contribution >= 0.6 is 0 Å². The van der Waals surface area contributed by atoms with Crippen LogP contribution < -0.4 is 10.5 Å². The average molecular weight is 514 g/mol. The number of nitrogens with zero attached hydrogens (tertiary/aromatic N) is 2. The molecule has 2 unspecified atom stereocenters. The molecule has 0 spiro atoms. The standard InChI is InChI=1S/C26H18N4O8/c31-25-19(27-23(37-25)15-7-3-1-4-8-15)12-17-11-18(22(30(35)36)14-21(17)29(33)34)13-20-26(32)38-24(28-20)16-9-5-2-6-10-16/h1-14,29-30,33,35H. The molecule has 0 aromatic heterocycles. The van der Waals surface area contributed by atoms with Gasteiger partial charge in [0, 0.05) is 22.3 Å². The third kappa shape index (κ3) is 5.02. The Labute approximate surface area is 214 Å². The molecule has 4 N–H and O–H groups in total. The number of aliphatic imine (C=N–C) groups is 2. The largest absolute Gasteiger partial charge is 0.595 e. The molecule has 0 bridgehead atoms. The number of hydrogen-bond acceptors (Lipinski definition) is 10. The second-order valence-corrected chi connectivity index (χ2v) is 8.04. The minimum atomic E-state index is -1.43. The Hall–Kier alpha value is -4.82. The summed E-state index contributed by atoms with van der Waals surface area (Å²) in [6.07, 6.45) is 2.36. The maximum absolute atomic E-state index is 12.5. The third-order valence-electron chi connectivity index (χ3n) is 5.55. The van der Waals surface area contributed by atoms with Crippen LogP contribution in [0.15, 0.2) is 94.2 Å². The van der Waals surface area contributed by atoms with Crippen LogP contribution in [0.25, 0.3) is 12.2 Å². The van der Waals surface area contributed by atoms with E-state index in [0.29, 0.717) is 11.1 Å². The van der Waals surface area contributed by atoms with Gasteiger partial charge in [0.05, 0.1) is 6.07 Å². The fourth-order valence-electron chi connectivity index (χ4n) is 3.76. The topological polar surface area (TPSA) is 173 Å². The van der Waals surface area contributed by atoms with Gasteiger partial charge in [0.1, 0.15) is 0 Å². The van der Waals surface area contributed by atoms with Gasteiger partial charge in [-0.05, 0) is 42.5 Å². The van der Waals surface area contributed by atoms with Gasteiger partial charge in [0.15, 0.2) is 22.8 Å². The molecule has 5 rings (SSSR count). The van der Waals surface area contributed by atoms with Gasteiger partial charge in [0.25, 0.3) is 0 Å². The molecule has 0 amide bonds. The van der Waals surface area contributed by atoms with E-state index >= 15 is 0 Å². The number of quaternary nitrogens is 2. The molecule has 3 aromatic rings. The molecule has 2 aliphatic rings. The van der Waals surface area contributed by atoms with E-state index in [9.17, 15) is 30.4 Å². The van der Waals surface area contributed by atoms with Crippen molar-refractivity contribution in [3.63, 3.8) is 0 Å². The highest BCUT2D eigenvalue weighted by Crippen LogP contribution is 2.28. The van der Waals surface area contributed by atoms with Gasteiger partial charge in [-0.15, -0.1) is 0 Å². The second-order valence-electron chi connectivity index (χ2n) is 8.04. The summed E-state index contributed by atoms with van der Waals surface area (Å²) < 4.78 is 10.4. The number of nitrogens with one attached hydrogen (secondary N) is 2. The summed E-state index contributed by atoms with van der Waals surface area (Å²) in [6, 6.07) is 19.4. The molecule has 38 heavy (non-hydrogen) atoms. The van der Waals surface area contributed by atoms with Crippen molar-refractivity contribution in [3.05, 3.63) is 117 Å². The van der Waals surface area contributed by atoms with E-state index in [-0.39, 0.29) is 34.3 Å². The fourth-order valence-corrected chi connectivity index (χ4v) is 3.76. The third-order valence-corrected chi connectivity index (χ3v) is 5.55. The lowest BCUT2D eigenvalue weighted by Crippen LogP contribution is -3.01. The lowest BCUT2D eigenvalue weighted by Gasteiger charge is -2.19. The molecule has 190 valence electrons. The molecule has 0 radical (unpaired) electrons. The smallest absolute Gasteiger partial charge is 0.363 e. The molecule has 3 aromatic carbocycles. The SMILES string of the molecule is O=C1OC(c2ccccc2)=NC1=Cc1cc(C=C2N=C(c3ccccc3)OC2=O)c([NH+]([O-])O)cc1[NH+]([O-])O. The summed E-state index contributed by atoms with van der Waals surface area (Å²) in [6.45, 7) is 0. The van der Waals surface area contributed by atoms with Gasteiger partial charge in [-0.3, -0.25) is 0 Å². The van der Waals surface area contributed by atoms with E-state index in [1.807, 2.05) is 0 Å². The van der Waals surface area contributed by atoms with E-state index in [1.165, 1.54) is 18.2 Å². The average Bonchev–Trinajstić information content (AvgIpc) is 3.46. The van der Waals surface area contributed by atoms with Gasteiger partial charge < -0.3 is 19.9 Å². The fraction of sp³-hybridized carbons (Fsp3) is 0. The first kappa shape index (κ1) is 24.9. The van der Waals surface area contributed by atoms with Crippen molar-refractivity contribution in [2.24, 2.45) is 9.98 Å². The molecule has 0 saturated heterocycles. The first-order valence-electron chi connectivity index (χ1n) is 11.1. The van der Waals surface area contributed by atoms with Crippen LogP contribution in [0.3, 0.4) is 0 Å². The van der Waals surface area contributed by atoms with Gasteiger partial charge in [-0.2, -0.15) is 10.5 Å². The number of esters is 2. The maximum atomic E-state index is 12.5. The van der Waals surface area contributed by atoms with E-state index in [4.69, 9.17) is 9.47 Å². The Kier molecular flexibility index (Phi) is 6.72. The molecule has 2 heterocycles. The quantitative estimate of drug-likeness (QED) is 0.216. The first-order chi connectivity index (χ1) is 18.3. The van der Waals surface area contributed by atoms with Crippen molar-refractivity contribution in [1.29, 1.82) is 0 Å². The Morgan fingerprint density at radius 3 is 1.42 bits per heavy atom. The van der Waals surface area contributed by atoms with Crippen molar-refractivity contribution in [3.8, 4) is 0 Å². The first-order valence-corrected chi connectivity index (χ1v) is 11.1. The molecule has 0 saturated carbocycles. The normalized spacial score (nSPS) is 18.7. The van der Waals surface area contributed by atoms with Crippen LogP contribution in [0.2, 0.25) is 0 Å². The van der Waals surface area contributed by atoms with Gasteiger partial charge in [-0.25, -0.2) is 30.0 Å². The highest BCUT2D eigenvalue weighted by molar-refractivity contribution is 6.14. The van der Waals surface area contributed by atoms with Gasteiger partial charge in [0.2, 0.25) is 11.8 Å². The van der Waals surface area contributed by atoms with Crippen LogP contribution in [0, 0.1) is 10.4 Å². The monoisotopic (exact) mass is 514 g/mol. The highest BCUT2D eigenvalue weighted by Gasteiger charge is 2.28.